The molecule has 3 rings (SSSR count). The monoisotopic (exact) mass is 419 g/mol. The Morgan fingerprint density at radius 3 is 2.03 bits per heavy atom. The van der Waals surface area contributed by atoms with E-state index in [4.69, 9.17) is 5.26 Å². The number of allylic oxidation sites excluding steroid dienone is 2. The lowest BCUT2D eigenvalue weighted by molar-refractivity contribution is 0.246. The number of hydrogen-bond acceptors (Lipinski definition) is 1. The second-order valence-electron chi connectivity index (χ2n) is 10.5. The molecule has 170 valence electrons. The number of nitrogens with zero attached hydrogens (tertiary/aromatic N) is 1. The van der Waals surface area contributed by atoms with Crippen molar-refractivity contribution in [2.75, 3.05) is 0 Å². The lowest BCUT2D eigenvalue weighted by Gasteiger charge is -2.31. The maximum atomic E-state index is 8.70. The molecule has 2 aliphatic carbocycles. The summed E-state index contributed by atoms with van der Waals surface area (Å²) >= 11 is 0. The van der Waals surface area contributed by atoms with Gasteiger partial charge in [0, 0.05) is 6.08 Å². The molecule has 0 saturated heterocycles. The molecule has 1 nitrogen and oxygen atoms in total. The number of hydrogen-bond donors (Lipinski definition) is 0. The first-order valence-electron chi connectivity index (χ1n) is 13.4. The third-order valence-electron chi connectivity index (χ3n) is 8.18. The van der Waals surface area contributed by atoms with Gasteiger partial charge < -0.3 is 0 Å². The average molecular weight is 420 g/mol. The second kappa shape index (κ2) is 13.8. The van der Waals surface area contributed by atoms with Gasteiger partial charge in [-0.15, -0.1) is 0 Å². The molecule has 0 radical (unpaired) electrons. The Morgan fingerprint density at radius 1 is 0.806 bits per heavy atom. The molecule has 1 aromatic carbocycles. The van der Waals surface area contributed by atoms with Crippen molar-refractivity contribution < 1.29 is 0 Å². The number of nitriles is 1. The second-order valence-corrected chi connectivity index (χ2v) is 10.5. The van der Waals surface area contributed by atoms with Crippen molar-refractivity contribution in [3.63, 3.8) is 0 Å². The first-order valence-corrected chi connectivity index (χ1v) is 13.4. The highest BCUT2D eigenvalue weighted by atomic mass is 14.3. The van der Waals surface area contributed by atoms with Crippen molar-refractivity contribution in [2.45, 2.75) is 116 Å². The van der Waals surface area contributed by atoms with Gasteiger partial charge in [-0.1, -0.05) is 75.8 Å². The molecule has 0 aliphatic heterocycles. The summed E-state index contributed by atoms with van der Waals surface area (Å²) in [4.78, 5) is 0. The largest absolute Gasteiger partial charge is 0.193 e. The third kappa shape index (κ3) is 8.48. The van der Waals surface area contributed by atoms with E-state index in [0.717, 1.165) is 17.8 Å². The van der Waals surface area contributed by atoms with E-state index in [1.165, 1.54) is 108 Å². The molecule has 2 aliphatic rings. The minimum Gasteiger partial charge on any atom is -0.193 e. The molecule has 0 amide bonds. The van der Waals surface area contributed by atoms with Crippen molar-refractivity contribution in [2.24, 2.45) is 17.8 Å². The molecule has 1 heteroatoms. The van der Waals surface area contributed by atoms with Gasteiger partial charge in [0.1, 0.15) is 0 Å². The number of benzene rings is 1. The summed E-state index contributed by atoms with van der Waals surface area (Å²) in [5.41, 5.74) is 3.13. The number of aryl methyl sites for hydroxylation is 1. The molecule has 1 aromatic rings. The van der Waals surface area contributed by atoms with Crippen molar-refractivity contribution >= 4 is 0 Å². The highest BCUT2D eigenvalue weighted by Gasteiger charge is 2.24. The predicted octanol–water partition coefficient (Wildman–Crippen LogP) is 9.14. The smallest absolute Gasteiger partial charge is 0.0908 e. The van der Waals surface area contributed by atoms with Gasteiger partial charge in [0.15, 0.2) is 0 Å². The SMILES string of the molecule is CCCCCCCc1ccc(C2CCC(CCC3CCC(/C=C/C#N)CC3)CC2)cc1. The standard InChI is InChI=1S/C30H45N/c1-2-3-4-5-6-8-25-16-20-29(21-17-25)30-22-18-28(19-23-30)15-14-27-12-10-26(11-13-27)9-7-24-31/h7,9,16-17,20-21,26-28,30H,2-6,8,10-15,18-19,22-23H2,1H3/b9-7+. The zero-order valence-corrected chi connectivity index (χ0v) is 20.0. The molecule has 2 fully saturated rings. The van der Waals surface area contributed by atoms with Crippen LogP contribution in [0.2, 0.25) is 0 Å². The first-order chi connectivity index (χ1) is 15.3. The lowest BCUT2D eigenvalue weighted by atomic mass is 9.74. The van der Waals surface area contributed by atoms with Crippen LogP contribution in [0.15, 0.2) is 36.4 Å². The van der Waals surface area contributed by atoms with E-state index in [-0.39, 0.29) is 0 Å². The van der Waals surface area contributed by atoms with Crippen molar-refractivity contribution in [3.8, 4) is 6.07 Å². The minimum absolute atomic E-state index is 0.666. The van der Waals surface area contributed by atoms with Crippen LogP contribution in [-0.2, 0) is 6.42 Å². The Kier molecular flexibility index (Phi) is 10.7. The number of unbranched alkanes of at least 4 members (excludes halogenated alkanes) is 4. The van der Waals surface area contributed by atoms with Gasteiger partial charge in [-0.05, 0) is 99.0 Å². The molecule has 0 heterocycles. The summed E-state index contributed by atoms with van der Waals surface area (Å²) in [6.07, 6.45) is 25.8. The summed E-state index contributed by atoms with van der Waals surface area (Å²) in [5, 5.41) is 8.70. The molecule has 0 aromatic heterocycles. The van der Waals surface area contributed by atoms with Crippen LogP contribution in [0.5, 0.6) is 0 Å². The highest BCUT2D eigenvalue weighted by molar-refractivity contribution is 5.26. The van der Waals surface area contributed by atoms with Gasteiger partial charge >= 0.3 is 0 Å². The zero-order chi connectivity index (χ0) is 21.7. The van der Waals surface area contributed by atoms with Crippen LogP contribution in [-0.4, -0.2) is 0 Å². The van der Waals surface area contributed by atoms with Crippen molar-refractivity contribution in [1.82, 2.24) is 0 Å². The van der Waals surface area contributed by atoms with Gasteiger partial charge in [-0.25, -0.2) is 0 Å². The van der Waals surface area contributed by atoms with Gasteiger partial charge in [0.05, 0.1) is 6.07 Å². The van der Waals surface area contributed by atoms with Crippen LogP contribution >= 0.6 is 0 Å². The zero-order valence-electron chi connectivity index (χ0n) is 20.0. The summed E-state index contributed by atoms with van der Waals surface area (Å²) in [7, 11) is 0. The van der Waals surface area contributed by atoms with Gasteiger partial charge in [0.25, 0.3) is 0 Å². The van der Waals surface area contributed by atoms with Crippen LogP contribution in [0.3, 0.4) is 0 Å². The van der Waals surface area contributed by atoms with Crippen LogP contribution in [0.25, 0.3) is 0 Å². The predicted molar refractivity (Wildman–Crippen MR) is 133 cm³/mol. The van der Waals surface area contributed by atoms with E-state index in [9.17, 15) is 0 Å². The fraction of sp³-hybridized carbons (Fsp3) is 0.700. The van der Waals surface area contributed by atoms with E-state index in [0.29, 0.717) is 5.92 Å². The summed E-state index contributed by atoms with van der Waals surface area (Å²) in [6, 6.07) is 11.8. The molecule has 0 bridgehead atoms. The van der Waals surface area contributed by atoms with E-state index in [1.54, 1.807) is 11.6 Å². The van der Waals surface area contributed by atoms with Crippen molar-refractivity contribution in [1.29, 1.82) is 5.26 Å². The summed E-state index contributed by atoms with van der Waals surface area (Å²) in [5.74, 6) is 3.38. The maximum Gasteiger partial charge on any atom is 0.0908 e. The van der Waals surface area contributed by atoms with Gasteiger partial charge in [-0.3, -0.25) is 0 Å². The Balaban J connectivity index is 1.31. The van der Waals surface area contributed by atoms with Crippen LogP contribution in [0, 0.1) is 29.1 Å². The quantitative estimate of drug-likeness (QED) is 0.259. The van der Waals surface area contributed by atoms with E-state index in [2.05, 4.69) is 43.3 Å². The number of rotatable bonds is 11. The van der Waals surface area contributed by atoms with Gasteiger partial charge in [0.2, 0.25) is 0 Å². The van der Waals surface area contributed by atoms with E-state index >= 15 is 0 Å². The van der Waals surface area contributed by atoms with Crippen molar-refractivity contribution in [3.05, 3.63) is 47.5 Å². The Bertz CT molecular complexity index is 663. The molecule has 0 N–H and O–H groups in total. The van der Waals surface area contributed by atoms with Crippen LogP contribution < -0.4 is 0 Å². The molecule has 31 heavy (non-hydrogen) atoms. The topological polar surface area (TPSA) is 23.8 Å². The van der Waals surface area contributed by atoms with Gasteiger partial charge in [-0.2, -0.15) is 5.26 Å². The maximum absolute atomic E-state index is 8.70. The Hall–Kier alpha value is -1.55. The Labute approximate surface area is 192 Å². The fourth-order valence-corrected chi connectivity index (χ4v) is 5.99. The molecule has 0 unspecified atom stereocenters. The van der Waals surface area contributed by atoms with Crippen LogP contribution in [0.4, 0.5) is 0 Å². The van der Waals surface area contributed by atoms with E-state index < -0.39 is 0 Å². The summed E-state index contributed by atoms with van der Waals surface area (Å²) < 4.78 is 0. The first kappa shape index (κ1) is 24.1. The third-order valence-corrected chi connectivity index (χ3v) is 8.18. The normalized spacial score (nSPS) is 26.7. The van der Waals surface area contributed by atoms with E-state index in [1.807, 2.05) is 0 Å². The molecular weight excluding hydrogens is 374 g/mol. The summed E-state index contributed by atoms with van der Waals surface area (Å²) in [6.45, 7) is 2.29. The Morgan fingerprint density at radius 2 is 1.42 bits per heavy atom. The average Bonchev–Trinajstić information content (AvgIpc) is 2.83. The minimum atomic E-state index is 0.666. The molecule has 0 atom stereocenters. The fourth-order valence-electron chi connectivity index (χ4n) is 5.99. The molecule has 2 saturated carbocycles. The molecule has 0 spiro atoms. The van der Waals surface area contributed by atoms with Crippen LogP contribution in [0.1, 0.15) is 120 Å². The lowest BCUT2D eigenvalue weighted by Crippen LogP contribution is -2.17. The highest BCUT2D eigenvalue weighted by Crippen LogP contribution is 2.40. The molecular formula is C30H45N.